The van der Waals surface area contributed by atoms with Crippen molar-refractivity contribution in [3.63, 3.8) is 0 Å². The molecule has 0 aromatic rings. The molecule has 136 valence electrons. The fraction of sp³-hybridized carbons (Fsp3) is 0.909. The van der Waals surface area contributed by atoms with Crippen molar-refractivity contribution in [1.82, 2.24) is 0 Å². The SMILES string of the molecule is C.CC(C)(C)CCCC(C)(C)C.CC(C)=CCCC(C)(C)C. The predicted octanol–water partition coefficient (Wildman–Crippen LogP) is 8.66. The van der Waals surface area contributed by atoms with Crippen LogP contribution in [0.15, 0.2) is 11.6 Å². The molecule has 0 bridgehead atoms. The first kappa shape index (κ1) is 26.6. The van der Waals surface area contributed by atoms with E-state index in [1.165, 1.54) is 37.7 Å². The molecule has 0 spiro atoms. The second-order valence-corrected chi connectivity index (χ2v) is 10.4. The minimum Gasteiger partial charge on any atom is -0.0859 e. The largest absolute Gasteiger partial charge is 0.0859 e. The van der Waals surface area contributed by atoms with E-state index in [-0.39, 0.29) is 7.43 Å². The Morgan fingerprint density at radius 3 is 1.18 bits per heavy atom. The summed E-state index contributed by atoms with van der Waals surface area (Å²) in [6, 6.07) is 0. The van der Waals surface area contributed by atoms with Gasteiger partial charge in [-0.25, -0.2) is 0 Å². The Bertz CT molecular complexity index is 255. The fourth-order valence-electron chi connectivity index (χ4n) is 1.94. The Balaban J connectivity index is -0.000000315. The minimum absolute atomic E-state index is 0. The molecular formula is C22H48. The number of hydrogen-bond donors (Lipinski definition) is 0. The molecule has 0 aromatic carbocycles. The molecule has 0 radical (unpaired) electrons. The first-order valence-corrected chi connectivity index (χ1v) is 8.76. The van der Waals surface area contributed by atoms with Gasteiger partial charge in [-0.15, -0.1) is 0 Å². The zero-order chi connectivity index (χ0) is 17.3. The van der Waals surface area contributed by atoms with Crippen molar-refractivity contribution in [3.8, 4) is 0 Å². The van der Waals surface area contributed by atoms with Gasteiger partial charge in [0.05, 0.1) is 0 Å². The van der Waals surface area contributed by atoms with Gasteiger partial charge in [0.2, 0.25) is 0 Å². The van der Waals surface area contributed by atoms with Gasteiger partial charge in [0.1, 0.15) is 0 Å². The number of rotatable bonds is 4. The van der Waals surface area contributed by atoms with Crippen LogP contribution in [0.1, 0.15) is 116 Å². The highest BCUT2D eigenvalue weighted by molar-refractivity contribution is 4.93. The molecule has 0 saturated heterocycles. The van der Waals surface area contributed by atoms with Crippen LogP contribution in [0.2, 0.25) is 0 Å². The van der Waals surface area contributed by atoms with Crippen LogP contribution in [-0.4, -0.2) is 0 Å². The van der Waals surface area contributed by atoms with Crippen molar-refractivity contribution in [2.45, 2.75) is 116 Å². The van der Waals surface area contributed by atoms with E-state index in [2.05, 4.69) is 82.2 Å². The van der Waals surface area contributed by atoms with Crippen molar-refractivity contribution in [2.24, 2.45) is 16.2 Å². The topological polar surface area (TPSA) is 0 Å². The molecule has 0 fully saturated rings. The van der Waals surface area contributed by atoms with Gasteiger partial charge in [-0.3, -0.25) is 0 Å². The summed E-state index contributed by atoms with van der Waals surface area (Å²) in [5, 5.41) is 0. The zero-order valence-corrected chi connectivity index (χ0v) is 17.1. The third-order valence-corrected chi connectivity index (χ3v) is 3.30. The van der Waals surface area contributed by atoms with Crippen LogP contribution >= 0.6 is 0 Å². The van der Waals surface area contributed by atoms with Gasteiger partial charge in [-0.1, -0.05) is 87.8 Å². The smallest absolute Gasteiger partial charge is 0.0343 e. The molecule has 0 rings (SSSR count). The third-order valence-electron chi connectivity index (χ3n) is 3.30. The second kappa shape index (κ2) is 11.3. The van der Waals surface area contributed by atoms with E-state index in [4.69, 9.17) is 0 Å². The highest BCUT2D eigenvalue weighted by atomic mass is 14.2. The fourth-order valence-corrected chi connectivity index (χ4v) is 1.94. The summed E-state index contributed by atoms with van der Waals surface area (Å²) in [4.78, 5) is 0. The summed E-state index contributed by atoms with van der Waals surface area (Å²) < 4.78 is 0. The Hall–Kier alpha value is -0.260. The van der Waals surface area contributed by atoms with Crippen LogP contribution in [-0.2, 0) is 0 Å². The average Bonchev–Trinajstić information content (AvgIpc) is 2.10. The number of allylic oxidation sites excluding steroid dienone is 2. The second-order valence-electron chi connectivity index (χ2n) is 10.4. The maximum atomic E-state index is 2.32. The van der Waals surface area contributed by atoms with Crippen molar-refractivity contribution in [2.75, 3.05) is 0 Å². The van der Waals surface area contributed by atoms with Gasteiger partial charge in [-0.2, -0.15) is 0 Å². The van der Waals surface area contributed by atoms with Crippen molar-refractivity contribution in [3.05, 3.63) is 11.6 Å². The maximum Gasteiger partial charge on any atom is -0.0343 e. The molecule has 0 aliphatic heterocycles. The number of hydrogen-bond acceptors (Lipinski definition) is 0. The maximum absolute atomic E-state index is 2.32. The molecule has 0 aromatic heterocycles. The molecule has 0 nitrogen and oxygen atoms in total. The first-order valence-electron chi connectivity index (χ1n) is 8.76. The third kappa shape index (κ3) is 31.9. The van der Waals surface area contributed by atoms with E-state index in [0.717, 1.165) is 0 Å². The summed E-state index contributed by atoms with van der Waals surface area (Å²) in [6.07, 6.45) is 8.90. The molecule has 0 aliphatic rings. The normalized spacial score (nSPS) is 12.0. The molecule has 0 saturated carbocycles. The van der Waals surface area contributed by atoms with Crippen molar-refractivity contribution >= 4 is 0 Å². The van der Waals surface area contributed by atoms with E-state index in [1.54, 1.807) is 0 Å². The Kier molecular flexibility index (Phi) is 13.7. The van der Waals surface area contributed by atoms with Gasteiger partial charge < -0.3 is 0 Å². The summed E-state index contributed by atoms with van der Waals surface area (Å²) in [5.74, 6) is 0. The molecule has 0 unspecified atom stereocenters. The summed E-state index contributed by atoms with van der Waals surface area (Å²) in [5.41, 5.74) is 2.96. The average molecular weight is 313 g/mol. The van der Waals surface area contributed by atoms with Gasteiger partial charge in [-0.05, 0) is 55.8 Å². The van der Waals surface area contributed by atoms with Crippen LogP contribution in [0.5, 0.6) is 0 Å². The van der Waals surface area contributed by atoms with Crippen LogP contribution in [0.25, 0.3) is 0 Å². The van der Waals surface area contributed by atoms with Crippen molar-refractivity contribution < 1.29 is 0 Å². The molecule has 0 amide bonds. The standard InChI is InChI=1S/C11H24.C10H20.CH4/c1-10(2,3)8-7-9-11(4,5)6;1-9(2)7-6-8-10(3,4)5;/h7-9H2,1-6H3;7H,6,8H2,1-5H3;1H4. The lowest BCUT2D eigenvalue weighted by Gasteiger charge is -2.22. The minimum atomic E-state index is 0. The molecule has 0 heteroatoms. The predicted molar refractivity (Wildman–Crippen MR) is 108 cm³/mol. The van der Waals surface area contributed by atoms with E-state index in [0.29, 0.717) is 16.2 Å². The Labute approximate surface area is 144 Å². The van der Waals surface area contributed by atoms with E-state index in [1.807, 2.05) is 0 Å². The van der Waals surface area contributed by atoms with Crippen LogP contribution in [0.3, 0.4) is 0 Å². The van der Waals surface area contributed by atoms with Crippen LogP contribution < -0.4 is 0 Å². The summed E-state index contributed by atoms with van der Waals surface area (Å²) >= 11 is 0. The Morgan fingerprint density at radius 1 is 0.636 bits per heavy atom. The molecular weight excluding hydrogens is 264 g/mol. The monoisotopic (exact) mass is 312 g/mol. The van der Waals surface area contributed by atoms with Crippen molar-refractivity contribution in [1.29, 1.82) is 0 Å². The van der Waals surface area contributed by atoms with Gasteiger partial charge >= 0.3 is 0 Å². The zero-order valence-electron chi connectivity index (χ0n) is 17.1. The van der Waals surface area contributed by atoms with Gasteiger partial charge in [0, 0.05) is 0 Å². The lowest BCUT2D eigenvalue weighted by Crippen LogP contribution is -2.09. The highest BCUT2D eigenvalue weighted by Crippen LogP contribution is 2.27. The van der Waals surface area contributed by atoms with Gasteiger partial charge in [0.15, 0.2) is 0 Å². The molecule has 0 aliphatic carbocycles. The molecule has 0 atom stereocenters. The van der Waals surface area contributed by atoms with E-state index < -0.39 is 0 Å². The first-order chi connectivity index (χ1) is 9.12. The van der Waals surface area contributed by atoms with E-state index in [9.17, 15) is 0 Å². The Morgan fingerprint density at radius 2 is 0.955 bits per heavy atom. The van der Waals surface area contributed by atoms with E-state index >= 15 is 0 Å². The quantitative estimate of drug-likeness (QED) is 0.455. The van der Waals surface area contributed by atoms with Gasteiger partial charge in [0.25, 0.3) is 0 Å². The molecule has 0 heterocycles. The molecule has 22 heavy (non-hydrogen) atoms. The van der Waals surface area contributed by atoms with Crippen LogP contribution in [0.4, 0.5) is 0 Å². The lowest BCUT2D eigenvalue weighted by atomic mass is 9.84. The lowest BCUT2D eigenvalue weighted by molar-refractivity contribution is 0.301. The van der Waals surface area contributed by atoms with Crippen LogP contribution in [0, 0.1) is 16.2 Å². The summed E-state index contributed by atoms with van der Waals surface area (Å²) in [6.45, 7) is 25.1. The highest BCUT2D eigenvalue weighted by Gasteiger charge is 2.14. The molecule has 0 N–H and O–H groups in total. The summed E-state index contributed by atoms with van der Waals surface area (Å²) in [7, 11) is 0.